The highest BCUT2D eigenvalue weighted by Crippen LogP contribution is 2.38. The maximum absolute atomic E-state index is 13.4. The summed E-state index contributed by atoms with van der Waals surface area (Å²) in [6.07, 6.45) is -1.58. The van der Waals surface area contributed by atoms with Gasteiger partial charge in [-0.3, -0.25) is 19.3 Å². The van der Waals surface area contributed by atoms with Crippen LogP contribution < -0.4 is 10.1 Å². The van der Waals surface area contributed by atoms with Gasteiger partial charge in [0.25, 0.3) is 11.8 Å². The summed E-state index contributed by atoms with van der Waals surface area (Å²) < 4.78 is 11.5. The number of benzene rings is 3. The normalized spacial score (nSPS) is 22.5. The Kier molecular flexibility index (Phi) is 4.95. The quantitative estimate of drug-likeness (QED) is 0.645. The fourth-order valence-corrected chi connectivity index (χ4v) is 4.16. The second-order valence-corrected chi connectivity index (χ2v) is 7.60. The number of nitrogens with one attached hydrogen (secondary N) is 1. The summed E-state index contributed by atoms with van der Waals surface area (Å²) in [5.41, 5.74) is 1.98. The molecule has 0 aromatic heterocycles. The van der Waals surface area contributed by atoms with Crippen LogP contribution in [0.2, 0.25) is 0 Å². The number of carbonyl (C=O) groups excluding carboxylic acids is 3. The summed E-state index contributed by atoms with van der Waals surface area (Å²) in [6, 6.07) is 21.7. The Morgan fingerprint density at radius 1 is 0.781 bits per heavy atom. The maximum atomic E-state index is 13.4. The summed E-state index contributed by atoms with van der Waals surface area (Å²) >= 11 is 0. The lowest BCUT2D eigenvalue weighted by atomic mass is 9.97. The predicted octanol–water partition coefficient (Wildman–Crippen LogP) is 3.25. The molecule has 2 heterocycles. The molecule has 32 heavy (non-hydrogen) atoms. The molecule has 0 radical (unpaired) electrons. The van der Waals surface area contributed by atoms with Crippen molar-refractivity contribution < 1.29 is 23.9 Å². The van der Waals surface area contributed by atoms with E-state index in [4.69, 9.17) is 9.47 Å². The van der Waals surface area contributed by atoms with E-state index in [0.29, 0.717) is 11.3 Å². The number of ether oxygens (including phenoxy) is 2. The van der Waals surface area contributed by atoms with Gasteiger partial charge < -0.3 is 14.8 Å². The number of hydrogen-bond acceptors (Lipinski definition) is 5. The molecule has 1 saturated heterocycles. The van der Waals surface area contributed by atoms with Gasteiger partial charge in [0.05, 0.1) is 18.2 Å². The van der Waals surface area contributed by atoms with Crippen molar-refractivity contribution >= 4 is 17.7 Å². The lowest BCUT2D eigenvalue weighted by Crippen LogP contribution is -2.57. The molecule has 7 heteroatoms. The fourth-order valence-electron chi connectivity index (χ4n) is 4.16. The van der Waals surface area contributed by atoms with E-state index in [1.54, 1.807) is 55.6 Å². The number of carbonyl (C=O) groups is 3. The Labute approximate surface area is 184 Å². The summed E-state index contributed by atoms with van der Waals surface area (Å²) in [5.74, 6) is -0.830. The third kappa shape index (κ3) is 3.23. The van der Waals surface area contributed by atoms with E-state index in [-0.39, 0.29) is 11.1 Å². The number of rotatable bonds is 4. The van der Waals surface area contributed by atoms with Crippen LogP contribution in [0, 0.1) is 0 Å². The molecule has 7 nitrogen and oxygen atoms in total. The van der Waals surface area contributed by atoms with E-state index in [1.165, 1.54) is 0 Å². The Hall–Kier alpha value is -3.97. The molecule has 1 fully saturated rings. The van der Waals surface area contributed by atoms with Crippen molar-refractivity contribution in [2.24, 2.45) is 0 Å². The van der Waals surface area contributed by atoms with Gasteiger partial charge in [0, 0.05) is 5.56 Å². The van der Waals surface area contributed by atoms with Gasteiger partial charge in [0.2, 0.25) is 5.91 Å². The highest BCUT2D eigenvalue weighted by atomic mass is 16.5. The molecule has 3 aromatic rings. The Bertz CT molecular complexity index is 1160. The second-order valence-electron chi connectivity index (χ2n) is 7.60. The molecule has 3 atom stereocenters. The van der Waals surface area contributed by atoms with Crippen LogP contribution >= 0.6 is 0 Å². The van der Waals surface area contributed by atoms with Gasteiger partial charge >= 0.3 is 0 Å². The zero-order valence-corrected chi connectivity index (χ0v) is 17.2. The number of imide groups is 1. The van der Waals surface area contributed by atoms with Gasteiger partial charge in [-0.05, 0) is 29.8 Å². The third-order valence-electron chi connectivity index (χ3n) is 5.76. The fraction of sp³-hybridized carbons (Fsp3) is 0.160. The van der Waals surface area contributed by atoms with Crippen LogP contribution in [0.3, 0.4) is 0 Å². The van der Waals surface area contributed by atoms with Gasteiger partial charge in [-0.15, -0.1) is 0 Å². The first-order valence-corrected chi connectivity index (χ1v) is 10.2. The molecule has 2 aliphatic rings. The topological polar surface area (TPSA) is 84.9 Å². The third-order valence-corrected chi connectivity index (χ3v) is 5.76. The standard InChI is InChI=1S/C25H20N2O5/c1-31-17-13-11-15(12-14-17)21-20(22(28)26-23(32-21)16-7-3-2-4-8-16)27-24(29)18-9-5-6-10-19(18)25(27)30/h2-14,20-21,23H,1H3,(H,26,28). The molecule has 3 unspecified atom stereocenters. The van der Waals surface area contributed by atoms with Crippen LogP contribution in [0.4, 0.5) is 0 Å². The summed E-state index contributed by atoms with van der Waals surface area (Å²) in [6.45, 7) is 0. The average Bonchev–Trinajstić information content (AvgIpc) is 3.09. The van der Waals surface area contributed by atoms with Crippen LogP contribution in [0.5, 0.6) is 5.75 Å². The molecule has 2 aliphatic heterocycles. The van der Waals surface area contributed by atoms with Crippen molar-refractivity contribution in [2.75, 3.05) is 7.11 Å². The highest BCUT2D eigenvalue weighted by Gasteiger charge is 2.50. The van der Waals surface area contributed by atoms with Crippen LogP contribution in [0.1, 0.15) is 44.2 Å². The summed E-state index contributed by atoms with van der Waals surface area (Å²) in [4.78, 5) is 40.6. The predicted molar refractivity (Wildman–Crippen MR) is 115 cm³/mol. The number of hydrogen-bond donors (Lipinski definition) is 1. The molecule has 0 bridgehead atoms. The number of fused-ring (bicyclic) bond motifs is 1. The van der Waals surface area contributed by atoms with E-state index >= 15 is 0 Å². The first-order valence-electron chi connectivity index (χ1n) is 10.2. The number of nitrogens with zero attached hydrogens (tertiary/aromatic N) is 1. The number of methoxy groups -OCH3 is 1. The Morgan fingerprint density at radius 2 is 1.38 bits per heavy atom. The lowest BCUT2D eigenvalue weighted by molar-refractivity contribution is -0.154. The summed E-state index contributed by atoms with van der Waals surface area (Å²) in [5, 5.41) is 2.82. The molecule has 3 amide bonds. The molecular formula is C25H20N2O5. The Morgan fingerprint density at radius 3 is 1.97 bits per heavy atom. The molecule has 0 aliphatic carbocycles. The molecular weight excluding hydrogens is 408 g/mol. The van der Waals surface area contributed by atoms with E-state index < -0.39 is 36.1 Å². The van der Waals surface area contributed by atoms with Gasteiger partial charge in [0.15, 0.2) is 6.23 Å². The van der Waals surface area contributed by atoms with Crippen molar-refractivity contribution in [2.45, 2.75) is 18.4 Å². The highest BCUT2D eigenvalue weighted by molar-refractivity contribution is 6.23. The molecule has 3 aromatic carbocycles. The van der Waals surface area contributed by atoms with Crippen molar-refractivity contribution in [1.29, 1.82) is 0 Å². The van der Waals surface area contributed by atoms with E-state index in [1.807, 2.05) is 30.3 Å². The number of amides is 3. The van der Waals surface area contributed by atoms with Crippen LogP contribution in [0.25, 0.3) is 0 Å². The van der Waals surface area contributed by atoms with E-state index in [0.717, 1.165) is 10.5 Å². The van der Waals surface area contributed by atoms with Gasteiger partial charge in [-0.2, -0.15) is 0 Å². The van der Waals surface area contributed by atoms with Gasteiger partial charge in [-0.1, -0.05) is 54.6 Å². The smallest absolute Gasteiger partial charge is 0.262 e. The minimum atomic E-state index is -1.16. The van der Waals surface area contributed by atoms with Crippen molar-refractivity contribution in [3.8, 4) is 5.75 Å². The van der Waals surface area contributed by atoms with Gasteiger partial charge in [-0.25, -0.2) is 0 Å². The monoisotopic (exact) mass is 428 g/mol. The molecule has 1 N–H and O–H groups in total. The zero-order chi connectivity index (χ0) is 22.2. The minimum absolute atomic E-state index is 0.281. The zero-order valence-electron chi connectivity index (χ0n) is 17.2. The molecule has 160 valence electrons. The maximum Gasteiger partial charge on any atom is 0.262 e. The van der Waals surface area contributed by atoms with E-state index in [9.17, 15) is 14.4 Å². The largest absolute Gasteiger partial charge is 0.497 e. The first kappa shape index (κ1) is 20.0. The van der Waals surface area contributed by atoms with Crippen molar-refractivity contribution in [1.82, 2.24) is 10.2 Å². The van der Waals surface area contributed by atoms with Crippen LogP contribution in [0.15, 0.2) is 78.9 Å². The molecule has 5 rings (SSSR count). The van der Waals surface area contributed by atoms with Crippen LogP contribution in [-0.4, -0.2) is 35.8 Å². The molecule has 0 saturated carbocycles. The van der Waals surface area contributed by atoms with Crippen molar-refractivity contribution in [3.63, 3.8) is 0 Å². The average molecular weight is 428 g/mol. The van der Waals surface area contributed by atoms with Crippen molar-refractivity contribution in [3.05, 3.63) is 101 Å². The van der Waals surface area contributed by atoms with E-state index in [2.05, 4.69) is 5.32 Å². The lowest BCUT2D eigenvalue weighted by Gasteiger charge is -2.40. The second kappa shape index (κ2) is 7.94. The SMILES string of the molecule is COc1ccc(C2OC(c3ccccc3)NC(=O)C2N2C(=O)c3ccccc3C2=O)cc1. The molecule has 0 spiro atoms. The van der Waals surface area contributed by atoms with Crippen LogP contribution in [-0.2, 0) is 9.53 Å². The Balaban J connectivity index is 1.56. The summed E-state index contributed by atoms with van der Waals surface area (Å²) in [7, 11) is 1.56. The minimum Gasteiger partial charge on any atom is -0.497 e. The first-order chi connectivity index (χ1) is 15.6. The van der Waals surface area contributed by atoms with Gasteiger partial charge in [0.1, 0.15) is 17.9 Å².